The standard InChI is InChI=1S/C12H20N2/c1-9(2)10(3)11-7-6-8-12(13-11)14(4)5/h6-10H,1-5H3/t10-/m0/s1. The highest BCUT2D eigenvalue weighted by atomic mass is 15.1. The summed E-state index contributed by atoms with van der Waals surface area (Å²) in [6.07, 6.45) is 0. The first-order valence-electron chi connectivity index (χ1n) is 5.16. The van der Waals surface area contributed by atoms with Crippen LogP contribution < -0.4 is 4.90 Å². The molecule has 0 aliphatic carbocycles. The quantitative estimate of drug-likeness (QED) is 0.732. The van der Waals surface area contributed by atoms with Gasteiger partial charge in [0.05, 0.1) is 0 Å². The van der Waals surface area contributed by atoms with Crippen molar-refractivity contribution in [1.82, 2.24) is 4.98 Å². The second-order valence-corrected chi connectivity index (χ2v) is 4.35. The molecule has 2 heteroatoms. The number of hydrogen-bond donors (Lipinski definition) is 0. The van der Waals surface area contributed by atoms with Gasteiger partial charge in [0.2, 0.25) is 0 Å². The average Bonchev–Trinajstić information content (AvgIpc) is 2.16. The van der Waals surface area contributed by atoms with E-state index in [4.69, 9.17) is 0 Å². The van der Waals surface area contributed by atoms with Gasteiger partial charge in [0.25, 0.3) is 0 Å². The molecular formula is C12H20N2. The summed E-state index contributed by atoms with van der Waals surface area (Å²) in [6, 6.07) is 6.23. The third-order valence-electron chi connectivity index (χ3n) is 2.68. The van der Waals surface area contributed by atoms with Crippen molar-refractivity contribution < 1.29 is 0 Å². The number of rotatable bonds is 3. The van der Waals surface area contributed by atoms with Crippen LogP contribution in [0.4, 0.5) is 5.82 Å². The van der Waals surface area contributed by atoms with Gasteiger partial charge in [-0.05, 0) is 18.1 Å². The summed E-state index contributed by atoms with van der Waals surface area (Å²) in [6.45, 7) is 6.69. The summed E-state index contributed by atoms with van der Waals surface area (Å²) in [7, 11) is 4.04. The van der Waals surface area contributed by atoms with Crippen LogP contribution in [0.2, 0.25) is 0 Å². The lowest BCUT2D eigenvalue weighted by Crippen LogP contribution is -2.13. The highest BCUT2D eigenvalue weighted by Gasteiger charge is 2.11. The maximum Gasteiger partial charge on any atom is 0.128 e. The Labute approximate surface area is 87.0 Å². The first kappa shape index (κ1) is 11.0. The Bertz CT molecular complexity index is 292. The fourth-order valence-corrected chi connectivity index (χ4v) is 1.28. The van der Waals surface area contributed by atoms with Crippen LogP contribution in [0, 0.1) is 5.92 Å². The van der Waals surface area contributed by atoms with Crippen LogP contribution in [0.25, 0.3) is 0 Å². The highest BCUT2D eigenvalue weighted by molar-refractivity contribution is 5.37. The minimum Gasteiger partial charge on any atom is -0.363 e. The van der Waals surface area contributed by atoms with Crippen LogP contribution in [-0.2, 0) is 0 Å². The van der Waals surface area contributed by atoms with Crippen molar-refractivity contribution in [2.24, 2.45) is 5.92 Å². The number of anilines is 1. The maximum atomic E-state index is 4.62. The maximum absolute atomic E-state index is 4.62. The van der Waals surface area contributed by atoms with Crippen molar-refractivity contribution in [1.29, 1.82) is 0 Å². The molecule has 1 aromatic heterocycles. The van der Waals surface area contributed by atoms with Crippen LogP contribution in [-0.4, -0.2) is 19.1 Å². The van der Waals surface area contributed by atoms with Gasteiger partial charge in [-0.3, -0.25) is 0 Å². The Morgan fingerprint density at radius 2 is 1.79 bits per heavy atom. The monoisotopic (exact) mass is 192 g/mol. The molecule has 2 nitrogen and oxygen atoms in total. The van der Waals surface area contributed by atoms with Crippen molar-refractivity contribution in [2.75, 3.05) is 19.0 Å². The van der Waals surface area contributed by atoms with E-state index in [0.29, 0.717) is 11.8 Å². The van der Waals surface area contributed by atoms with E-state index in [1.54, 1.807) is 0 Å². The van der Waals surface area contributed by atoms with E-state index in [1.807, 2.05) is 25.1 Å². The summed E-state index contributed by atoms with van der Waals surface area (Å²) in [5, 5.41) is 0. The third kappa shape index (κ3) is 2.47. The van der Waals surface area contributed by atoms with E-state index >= 15 is 0 Å². The molecule has 0 spiro atoms. The Kier molecular flexibility index (Phi) is 3.50. The Hall–Kier alpha value is -1.05. The number of hydrogen-bond acceptors (Lipinski definition) is 2. The van der Waals surface area contributed by atoms with Gasteiger partial charge in [-0.15, -0.1) is 0 Å². The topological polar surface area (TPSA) is 16.1 Å². The zero-order valence-corrected chi connectivity index (χ0v) is 9.78. The van der Waals surface area contributed by atoms with Crippen LogP contribution in [0.1, 0.15) is 32.4 Å². The second-order valence-electron chi connectivity index (χ2n) is 4.35. The minimum atomic E-state index is 0.523. The molecule has 0 aromatic carbocycles. The third-order valence-corrected chi connectivity index (χ3v) is 2.68. The molecule has 0 fully saturated rings. The molecule has 0 radical (unpaired) electrons. The minimum absolute atomic E-state index is 0.523. The van der Waals surface area contributed by atoms with Crippen LogP contribution >= 0.6 is 0 Å². The first-order chi connectivity index (χ1) is 6.52. The molecule has 0 aliphatic heterocycles. The molecule has 0 bridgehead atoms. The molecule has 0 N–H and O–H groups in total. The Balaban J connectivity index is 2.93. The van der Waals surface area contributed by atoms with Crippen molar-refractivity contribution in [3.63, 3.8) is 0 Å². The summed E-state index contributed by atoms with van der Waals surface area (Å²) >= 11 is 0. The van der Waals surface area contributed by atoms with Gasteiger partial charge in [-0.2, -0.15) is 0 Å². The summed E-state index contributed by atoms with van der Waals surface area (Å²) < 4.78 is 0. The molecule has 78 valence electrons. The normalized spacial score (nSPS) is 13.0. The smallest absolute Gasteiger partial charge is 0.128 e. The zero-order valence-electron chi connectivity index (χ0n) is 9.78. The van der Waals surface area contributed by atoms with Gasteiger partial charge in [0.1, 0.15) is 5.82 Å². The Morgan fingerprint density at radius 3 is 2.29 bits per heavy atom. The summed E-state index contributed by atoms with van der Waals surface area (Å²) in [5.41, 5.74) is 1.19. The Morgan fingerprint density at radius 1 is 1.14 bits per heavy atom. The average molecular weight is 192 g/mol. The predicted molar refractivity (Wildman–Crippen MR) is 61.8 cm³/mol. The van der Waals surface area contributed by atoms with Crippen LogP contribution in [0.5, 0.6) is 0 Å². The van der Waals surface area contributed by atoms with Gasteiger partial charge in [-0.1, -0.05) is 26.8 Å². The SMILES string of the molecule is CC(C)[C@H](C)c1cccc(N(C)C)n1. The predicted octanol–water partition coefficient (Wildman–Crippen LogP) is 2.91. The van der Waals surface area contributed by atoms with Gasteiger partial charge in [0.15, 0.2) is 0 Å². The van der Waals surface area contributed by atoms with Crippen molar-refractivity contribution >= 4 is 5.82 Å². The van der Waals surface area contributed by atoms with Gasteiger partial charge < -0.3 is 4.90 Å². The van der Waals surface area contributed by atoms with E-state index in [0.717, 1.165) is 5.82 Å². The van der Waals surface area contributed by atoms with Crippen molar-refractivity contribution in [2.45, 2.75) is 26.7 Å². The lowest BCUT2D eigenvalue weighted by Gasteiger charge is -2.18. The molecule has 14 heavy (non-hydrogen) atoms. The molecular weight excluding hydrogens is 172 g/mol. The molecule has 1 aromatic rings. The molecule has 0 unspecified atom stereocenters. The zero-order chi connectivity index (χ0) is 10.7. The summed E-state index contributed by atoms with van der Waals surface area (Å²) in [4.78, 5) is 6.66. The molecule has 1 atom stereocenters. The molecule has 0 saturated heterocycles. The van der Waals surface area contributed by atoms with Gasteiger partial charge in [0, 0.05) is 25.7 Å². The highest BCUT2D eigenvalue weighted by Crippen LogP contribution is 2.23. The number of nitrogens with zero attached hydrogens (tertiary/aromatic N) is 2. The van der Waals surface area contributed by atoms with E-state index in [-0.39, 0.29) is 0 Å². The van der Waals surface area contributed by atoms with E-state index < -0.39 is 0 Å². The lowest BCUT2D eigenvalue weighted by atomic mass is 9.94. The van der Waals surface area contributed by atoms with E-state index in [9.17, 15) is 0 Å². The lowest BCUT2D eigenvalue weighted by molar-refractivity contribution is 0.523. The molecule has 0 amide bonds. The molecule has 0 aliphatic rings. The first-order valence-corrected chi connectivity index (χ1v) is 5.16. The van der Waals surface area contributed by atoms with Crippen molar-refractivity contribution in [3.05, 3.63) is 23.9 Å². The van der Waals surface area contributed by atoms with Gasteiger partial charge in [-0.25, -0.2) is 4.98 Å². The molecule has 0 saturated carbocycles. The fourth-order valence-electron chi connectivity index (χ4n) is 1.28. The van der Waals surface area contributed by atoms with E-state index in [2.05, 4.69) is 37.9 Å². The van der Waals surface area contributed by atoms with Crippen molar-refractivity contribution in [3.8, 4) is 0 Å². The van der Waals surface area contributed by atoms with Gasteiger partial charge >= 0.3 is 0 Å². The van der Waals surface area contributed by atoms with Crippen LogP contribution in [0.15, 0.2) is 18.2 Å². The second kappa shape index (κ2) is 4.45. The largest absolute Gasteiger partial charge is 0.363 e. The number of pyridine rings is 1. The summed E-state index contributed by atoms with van der Waals surface area (Å²) in [5.74, 6) is 2.20. The van der Waals surface area contributed by atoms with Crippen LogP contribution in [0.3, 0.4) is 0 Å². The molecule has 1 rings (SSSR count). The molecule has 1 heterocycles. The fraction of sp³-hybridized carbons (Fsp3) is 0.583. The van der Waals surface area contributed by atoms with E-state index in [1.165, 1.54) is 5.69 Å². The number of aromatic nitrogens is 1.